The third-order valence-electron chi connectivity index (χ3n) is 5.96. The Hall–Kier alpha value is -4.45. The number of allylic oxidation sites excluding steroid dienone is 1. The Morgan fingerprint density at radius 1 is 1.18 bits per heavy atom. The molecule has 0 saturated heterocycles. The average molecular weight is 577 g/mol. The molecule has 4 aromatic rings. The molecule has 0 bridgehead atoms. The van der Waals surface area contributed by atoms with Crippen molar-refractivity contribution in [2.24, 2.45) is 24.8 Å². The number of para-hydroxylation sites is 1. The van der Waals surface area contributed by atoms with Crippen molar-refractivity contribution in [2.75, 3.05) is 5.75 Å². The predicted octanol–water partition coefficient (Wildman–Crippen LogP) is 4.72. The highest BCUT2D eigenvalue weighted by Crippen LogP contribution is 2.44. The largest absolute Gasteiger partial charge is 0.458 e. The standard InChI is InChI=1S/C25H21F5N8OS/c1-4-40(39)23-19(22-35-18-9-16(13-34-21(18)37(22)2)24(26,27)25(28,29)30)36-20(38(23)3)15(11-32)12-33-17-8-6-5-7-14(17)10-31/h5-9,11-13H,4,32H2,1-3H3/b15-11+,33-12?. The Bertz CT molecular complexity index is 1730. The molecule has 0 aliphatic rings. The Labute approximate surface area is 227 Å². The molecule has 0 fully saturated rings. The fraction of sp³-hybridized carbons (Fsp3) is 0.240. The molecule has 1 atom stereocenters. The zero-order valence-electron chi connectivity index (χ0n) is 21.2. The number of nitrogens with zero attached hydrogens (tertiary/aromatic N) is 7. The van der Waals surface area contributed by atoms with Crippen molar-refractivity contribution in [2.45, 2.75) is 24.0 Å². The van der Waals surface area contributed by atoms with Gasteiger partial charge in [0.1, 0.15) is 28.1 Å². The molecule has 9 nitrogen and oxygen atoms in total. The van der Waals surface area contributed by atoms with E-state index in [1.54, 1.807) is 38.2 Å². The highest BCUT2D eigenvalue weighted by atomic mass is 32.2. The quantitative estimate of drug-likeness (QED) is 0.250. The van der Waals surface area contributed by atoms with Gasteiger partial charge in [-0.15, -0.1) is 0 Å². The van der Waals surface area contributed by atoms with Crippen molar-refractivity contribution in [3.8, 4) is 17.6 Å². The molecule has 40 heavy (non-hydrogen) atoms. The molecule has 3 aromatic heterocycles. The lowest BCUT2D eigenvalue weighted by Crippen LogP contribution is -2.33. The highest BCUT2D eigenvalue weighted by Gasteiger charge is 2.59. The monoisotopic (exact) mass is 576 g/mol. The van der Waals surface area contributed by atoms with Gasteiger partial charge in [0.2, 0.25) is 0 Å². The van der Waals surface area contributed by atoms with E-state index in [2.05, 4.69) is 19.9 Å². The van der Waals surface area contributed by atoms with E-state index in [9.17, 15) is 31.4 Å². The molecular weight excluding hydrogens is 555 g/mol. The number of pyridine rings is 1. The third kappa shape index (κ3) is 4.86. The van der Waals surface area contributed by atoms with Crippen molar-refractivity contribution in [3.05, 3.63) is 59.7 Å². The van der Waals surface area contributed by atoms with Crippen LogP contribution in [0.2, 0.25) is 0 Å². The van der Waals surface area contributed by atoms with E-state index in [0.29, 0.717) is 29.1 Å². The molecule has 208 valence electrons. The van der Waals surface area contributed by atoms with Gasteiger partial charge in [0.05, 0.1) is 33.2 Å². The molecule has 3 heterocycles. The maximum absolute atomic E-state index is 14.0. The van der Waals surface area contributed by atoms with Gasteiger partial charge in [-0.1, -0.05) is 19.1 Å². The number of alkyl halides is 5. The molecule has 0 spiro atoms. The minimum atomic E-state index is -5.82. The SMILES string of the molecule is CCS(=O)c1c(-c2nc3cc(C(F)(F)C(F)(F)F)cnc3n2C)nc(/C(C=Nc2ccccc2C#N)=C/N)n1C. The third-order valence-corrected chi connectivity index (χ3v) is 7.39. The molecular formula is C25H21F5N8OS. The molecule has 0 saturated carbocycles. The Morgan fingerprint density at radius 2 is 1.88 bits per heavy atom. The van der Waals surface area contributed by atoms with Crippen LogP contribution in [0.1, 0.15) is 23.9 Å². The molecule has 1 aromatic carbocycles. The fourth-order valence-electron chi connectivity index (χ4n) is 3.90. The topological polar surface area (TPSA) is 128 Å². The molecule has 0 aliphatic carbocycles. The number of nitrogens with two attached hydrogens (primary N) is 1. The second kappa shape index (κ2) is 10.6. The van der Waals surface area contributed by atoms with Crippen LogP contribution >= 0.6 is 0 Å². The number of fused-ring (bicyclic) bond motifs is 1. The van der Waals surface area contributed by atoms with Gasteiger partial charge < -0.3 is 14.9 Å². The van der Waals surface area contributed by atoms with E-state index in [4.69, 9.17) is 5.73 Å². The first kappa shape index (κ1) is 28.6. The van der Waals surface area contributed by atoms with E-state index >= 15 is 0 Å². The number of halogens is 5. The van der Waals surface area contributed by atoms with Crippen LogP contribution in [0, 0.1) is 11.3 Å². The van der Waals surface area contributed by atoms with E-state index < -0.39 is 28.5 Å². The summed E-state index contributed by atoms with van der Waals surface area (Å²) in [5, 5.41) is 9.53. The van der Waals surface area contributed by atoms with E-state index in [0.717, 1.165) is 0 Å². The minimum Gasteiger partial charge on any atom is -0.404 e. The van der Waals surface area contributed by atoms with Crippen molar-refractivity contribution >= 4 is 39.4 Å². The van der Waals surface area contributed by atoms with Crippen molar-refractivity contribution in [1.29, 1.82) is 5.26 Å². The zero-order chi connectivity index (χ0) is 29.4. The van der Waals surface area contributed by atoms with Crippen LogP contribution in [0.15, 0.2) is 52.7 Å². The summed E-state index contributed by atoms with van der Waals surface area (Å²) in [6, 6.07) is 9.27. The first-order valence-corrected chi connectivity index (χ1v) is 12.9. The van der Waals surface area contributed by atoms with Gasteiger partial charge in [-0.3, -0.25) is 9.20 Å². The summed E-state index contributed by atoms with van der Waals surface area (Å²) in [4.78, 5) is 16.9. The van der Waals surface area contributed by atoms with Crippen LogP contribution in [0.4, 0.5) is 27.6 Å². The van der Waals surface area contributed by atoms with Gasteiger partial charge in [0.15, 0.2) is 11.5 Å². The number of hydrogen-bond donors (Lipinski definition) is 1. The lowest BCUT2D eigenvalue weighted by atomic mass is 10.1. The number of imidazole rings is 2. The average Bonchev–Trinajstić information content (AvgIpc) is 3.44. The van der Waals surface area contributed by atoms with Crippen LogP contribution in [-0.2, 0) is 30.8 Å². The fourth-order valence-corrected chi connectivity index (χ4v) is 4.92. The highest BCUT2D eigenvalue weighted by molar-refractivity contribution is 7.85. The number of aromatic nitrogens is 5. The summed E-state index contributed by atoms with van der Waals surface area (Å²) < 4.78 is 82.7. The number of benzene rings is 1. The summed E-state index contributed by atoms with van der Waals surface area (Å²) in [6.07, 6.45) is -2.78. The Morgan fingerprint density at radius 3 is 2.50 bits per heavy atom. The molecule has 1 unspecified atom stereocenters. The van der Waals surface area contributed by atoms with Crippen molar-refractivity contribution in [3.63, 3.8) is 0 Å². The van der Waals surface area contributed by atoms with Crippen LogP contribution in [0.25, 0.3) is 28.3 Å². The summed E-state index contributed by atoms with van der Waals surface area (Å²) in [6.45, 7) is 1.68. The molecule has 0 radical (unpaired) electrons. The first-order valence-electron chi connectivity index (χ1n) is 11.5. The molecule has 0 amide bonds. The lowest BCUT2D eigenvalue weighted by molar-refractivity contribution is -0.289. The van der Waals surface area contributed by atoms with Gasteiger partial charge in [-0.25, -0.2) is 15.0 Å². The van der Waals surface area contributed by atoms with E-state index in [-0.39, 0.29) is 39.3 Å². The van der Waals surface area contributed by atoms with Crippen molar-refractivity contribution < 1.29 is 26.2 Å². The smallest absolute Gasteiger partial charge is 0.404 e. The first-order chi connectivity index (χ1) is 18.8. The molecule has 2 N–H and O–H groups in total. The minimum absolute atomic E-state index is 0.0152. The predicted molar refractivity (Wildman–Crippen MR) is 139 cm³/mol. The van der Waals surface area contributed by atoms with Gasteiger partial charge in [0.25, 0.3) is 0 Å². The van der Waals surface area contributed by atoms with Gasteiger partial charge in [0, 0.05) is 38.5 Å². The maximum Gasteiger partial charge on any atom is 0.458 e. The number of hydrogen-bond acceptors (Lipinski definition) is 7. The Balaban J connectivity index is 1.87. The molecule has 4 rings (SSSR count). The van der Waals surface area contributed by atoms with Gasteiger partial charge in [-0.05, 0) is 18.2 Å². The number of aliphatic imine (C=N–C) groups is 1. The molecule has 15 heteroatoms. The number of rotatable bonds is 7. The van der Waals surface area contributed by atoms with E-state index in [1.807, 2.05) is 6.07 Å². The van der Waals surface area contributed by atoms with E-state index in [1.165, 1.54) is 28.6 Å². The van der Waals surface area contributed by atoms with Crippen LogP contribution in [0.5, 0.6) is 0 Å². The van der Waals surface area contributed by atoms with Gasteiger partial charge >= 0.3 is 12.1 Å². The second-order valence-corrected chi connectivity index (χ2v) is 10.1. The van der Waals surface area contributed by atoms with Crippen molar-refractivity contribution in [1.82, 2.24) is 24.1 Å². The van der Waals surface area contributed by atoms with Crippen LogP contribution in [-0.4, -0.2) is 46.4 Å². The summed E-state index contributed by atoms with van der Waals surface area (Å²) in [5.41, 5.74) is 5.36. The molecule has 0 aliphatic heterocycles. The lowest BCUT2D eigenvalue weighted by Gasteiger charge is -2.19. The van der Waals surface area contributed by atoms with Gasteiger partial charge in [-0.2, -0.15) is 27.2 Å². The Kier molecular flexibility index (Phi) is 7.57. The summed E-state index contributed by atoms with van der Waals surface area (Å²) >= 11 is 0. The number of aryl methyl sites for hydroxylation is 1. The number of nitriles is 1. The normalized spacial score (nSPS) is 13.7. The van der Waals surface area contributed by atoms with Crippen LogP contribution in [0.3, 0.4) is 0 Å². The zero-order valence-corrected chi connectivity index (χ0v) is 22.1. The summed E-state index contributed by atoms with van der Waals surface area (Å²) in [5.74, 6) is -4.70. The maximum atomic E-state index is 14.0. The van der Waals surface area contributed by atoms with Crippen LogP contribution < -0.4 is 5.73 Å². The second-order valence-electron chi connectivity index (χ2n) is 8.42. The summed E-state index contributed by atoms with van der Waals surface area (Å²) in [7, 11) is 1.45.